The second-order valence-corrected chi connectivity index (χ2v) is 5.29. The lowest BCUT2D eigenvalue weighted by Gasteiger charge is -2.06. The molecule has 1 aromatic carbocycles. The fourth-order valence-electron chi connectivity index (χ4n) is 2.01. The molecule has 1 aliphatic rings. The van der Waals surface area contributed by atoms with Gasteiger partial charge in [-0.05, 0) is 37.0 Å². The van der Waals surface area contributed by atoms with Crippen LogP contribution < -0.4 is 5.32 Å². The summed E-state index contributed by atoms with van der Waals surface area (Å²) in [6.07, 6.45) is 4.16. The Labute approximate surface area is 120 Å². The maximum absolute atomic E-state index is 12.0. The van der Waals surface area contributed by atoms with Gasteiger partial charge in [-0.25, -0.2) is 0 Å². The van der Waals surface area contributed by atoms with Gasteiger partial charge in [0.15, 0.2) is 0 Å². The maximum Gasteiger partial charge on any atom is 0.251 e. The van der Waals surface area contributed by atoms with E-state index in [4.69, 9.17) is 5.11 Å². The van der Waals surface area contributed by atoms with E-state index in [1.54, 1.807) is 0 Å². The molecule has 0 aliphatic heterocycles. The highest BCUT2D eigenvalue weighted by molar-refractivity contribution is 5.94. The maximum atomic E-state index is 12.0. The number of hydrogen-bond donors (Lipinski definition) is 2. The van der Waals surface area contributed by atoms with Crippen molar-refractivity contribution in [3.63, 3.8) is 0 Å². The third-order valence-electron chi connectivity index (χ3n) is 3.49. The van der Waals surface area contributed by atoms with Crippen LogP contribution in [0.3, 0.4) is 0 Å². The van der Waals surface area contributed by atoms with Crippen LogP contribution in [0.1, 0.15) is 47.2 Å². The summed E-state index contributed by atoms with van der Waals surface area (Å²) in [5, 5.41) is 11.7. The normalized spacial score (nSPS) is 13.5. The molecule has 0 bridgehead atoms. The molecule has 1 amide bonds. The van der Waals surface area contributed by atoms with Gasteiger partial charge in [0.05, 0.1) is 6.61 Å². The SMILES string of the molecule is Cc1ccc(C(=O)NCCC2CC2)cc1C#CCCO. The molecule has 1 saturated carbocycles. The number of benzene rings is 1. The number of nitrogens with one attached hydrogen (secondary N) is 1. The van der Waals surface area contributed by atoms with Gasteiger partial charge in [-0.2, -0.15) is 0 Å². The average molecular weight is 271 g/mol. The van der Waals surface area contributed by atoms with E-state index >= 15 is 0 Å². The third-order valence-corrected chi connectivity index (χ3v) is 3.49. The number of hydrogen-bond acceptors (Lipinski definition) is 2. The highest BCUT2D eigenvalue weighted by atomic mass is 16.2. The third kappa shape index (κ3) is 4.40. The fourth-order valence-corrected chi connectivity index (χ4v) is 2.01. The van der Waals surface area contributed by atoms with Gasteiger partial charge in [0.25, 0.3) is 5.91 Å². The van der Waals surface area contributed by atoms with Crippen LogP contribution in [0.2, 0.25) is 0 Å². The van der Waals surface area contributed by atoms with Gasteiger partial charge < -0.3 is 10.4 Å². The lowest BCUT2D eigenvalue weighted by molar-refractivity contribution is 0.0952. The summed E-state index contributed by atoms with van der Waals surface area (Å²) < 4.78 is 0. The van der Waals surface area contributed by atoms with E-state index in [1.807, 2.05) is 25.1 Å². The Bertz CT molecular complexity index is 536. The Balaban J connectivity index is 1.98. The van der Waals surface area contributed by atoms with Gasteiger partial charge in [-0.15, -0.1) is 0 Å². The smallest absolute Gasteiger partial charge is 0.251 e. The fraction of sp³-hybridized carbons (Fsp3) is 0.471. The predicted molar refractivity (Wildman–Crippen MR) is 79.4 cm³/mol. The minimum Gasteiger partial charge on any atom is -0.395 e. The van der Waals surface area contributed by atoms with E-state index in [0.717, 1.165) is 30.0 Å². The van der Waals surface area contributed by atoms with Crippen LogP contribution in [0.4, 0.5) is 0 Å². The number of rotatable bonds is 5. The van der Waals surface area contributed by atoms with E-state index in [9.17, 15) is 4.79 Å². The molecule has 0 atom stereocenters. The highest BCUT2D eigenvalue weighted by Gasteiger charge is 2.20. The zero-order valence-electron chi connectivity index (χ0n) is 11.9. The minimum atomic E-state index is -0.0316. The van der Waals surface area contributed by atoms with Gasteiger partial charge >= 0.3 is 0 Å². The first kappa shape index (κ1) is 14.6. The summed E-state index contributed by atoms with van der Waals surface area (Å²) in [4.78, 5) is 12.0. The Kier molecular flexibility index (Phi) is 5.20. The molecule has 0 heterocycles. The van der Waals surface area contributed by atoms with Crippen LogP contribution in [-0.4, -0.2) is 24.2 Å². The van der Waals surface area contributed by atoms with Gasteiger partial charge in [0, 0.05) is 24.1 Å². The Morgan fingerprint density at radius 2 is 2.25 bits per heavy atom. The molecule has 0 spiro atoms. The molecule has 2 N–H and O–H groups in total. The first-order chi connectivity index (χ1) is 9.70. The van der Waals surface area contributed by atoms with Crippen molar-refractivity contribution in [2.75, 3.05) is 13.2 Å². The molecule has 1 aliphatic carbocycles. The molecule has 3 heteroatoms. The van der Waals surface area contributed by atoms with Gasteiger partial charge in [0.1, 0.15) is 0 Å². The average Bonchev–Trinajstić information content (AvgIpc) is 3.25. The molecule has 20 heavy (non-hydrogen) atoms. The topological polar surface area (TPSA) is 49.3 Å². The number of aryl methyl sites for hydroxylation is 1. The first-order valence-electron chi connectivity index (χ1n) is 7.19. The summed E-state index contributed by atoms with van der Waals surface area (Å²) in [5.74, 6) is 6.69. The van der Waals surface area contributed by atoms with Crippen molar-refractivity contribution in [2.24, 2.45) is 5.92 Å². The Morgan fingerprint density at radius 1 is 1.45 bits per heavy atom. The van der Waals surface area contributed by atoms with Crippen molar-refractivity contribution in [2.45, 2.75) is 32.6 Å². The van der Waals surface area contributed by atoms with E-state index in [2.05, 4.69) is 17.2 Å². The van der Waals surface area contributed by atoms with Crippen molar-refractivity contribution < 1.29 is 9.90 Å². The largest absolute Gasteiger partial charge is 0.395 e. The van der Waals surface area contributed by atoms with Crippen molar-refractivity contribution in [1.82, 2.24) is 5.32 Å². The predicted octanol–water partition coefficient (Wildman–Crippen LogP) is 2.26. The van der Waals surface area contributed by atoms with E-state index in [0.29, 0.717) is 12.0 Å². The van der Waals surface area contributed by atoms with Gasteiger partial charge in [-0.1, -0.05) is 30.7 Å². The summed E-state index contributed by atoms with van der Waals surface area (Å²) in [7, 11) is 0. The molecular formula is C17H21NO2. The van der Waals surface area contributed by atoms with Crippen molar-refractivity contribution >= 4 is 5.91 Å². The number of aliphatic hydroxyl groups is 1. The van der Waals surface area contributed by atoms with E-state index < -0.39 is 0 Å². The summed E-state index contributed by atoms with van der Waals surface area (Å²) in [6, 6.07) is 5.57. The van der Waals surface area contributed by atoms with Crippen LogP contribution >= 0.6 is 0 Å². The standard InChI is InChI=1S/C17H21NO2/c1-13-5-8-16(12-15(13)4-2-3-11-19)17(20)18-10-9-14-6-7-14/h5,8,12,14,19H,3,6-7,9-11H2,1H3,(H,18,20). The number of amides is 1. The number of aliphatic hydroxyl groups excluding tert-OH is 1. The molecule has 0 aromatic heterocycles. The van der Waals surface area contributed by atoms with Crippen LogP contribution in [0.15, 0.2) is 18.2 Å². The van der Waals surface area contributed by atoms with Crippen LogP contribution in [-0.2, 0) is 0 Å². The first-order valence-corrected chi connectivity index (χ1v) is 7.19. The van der Waals surface area contributed by atoms with Crippen LogP contribution in [0.5, 0.6) is 0 Å². The van der Waals surface area contributed by atoms with Crippen LogP contribution in [0, 0.1) is 24.7 Å². The zero-order chi connectivity index (χ0) is 14.4. The van der Waals surface area contributed by atoms with Crippen molar-refractivity contribution in [1.29, 1.82) is 0 Å². The summed E-state index contributed by atoms with van der Waals surface area (Å²) in [5.41, 5.74) is 2.55. The molecule has 106 valence electrons. The van der Waals surface area contributed by atoms with Gasteiger partial charge in [0.2, 0.25) is 0 Å². The summed E-state index contributed by atoms with van der Waals surface area (Å²) in [6.45, 7) is 2.79. The lowest BCUT2D eigenvalue weighted by Crippen LogP contribution is -2.24. The number of carbonyl (C=O) groups excluding carboxylic acids is 1. The molecule has 0 unspecified atom stereocenters. The molecular weight excluding hydrogens is 250 g/mol. The Morgan fingerprint density at radius 3 is 2.95 bits per heavy atom. The number of carbonyl (C=O) groups is 1. The molecule has 1 aromatic rings. The molecule has 3 nitrogen and oxygen atoms in total. The minimum absolute atomic E-state index is 0.0316. The second-order valence-electron chi connectivity index (χ2n) is 5.29. The molecule has 1 fully saturated rings. The quantitative estimate of drug-likeness (QED) is 0.807. The van der Waals surface area contributed by atoms with Crippen molar-refractivity contribution in [3.05, 3.63) is 34.9 Å². The molecule has 0 saturated heterocycles. The van der Waals surface area contributed by atoms with Crippen LogP contribution in [0.25, 0.3) is 0 Å². The monoisotopic (exact) mass is 271 g/mol. The molecule has 0 radical (unpaired) electrons. The van der Waals surface area contributed by atoms with E-state index in [1.165, 1.54) is 12.8 Å². The Hall–Kier alpha value is -1.79. The molecule has 2 rings (SSSR count). The van der Waals surface area contributed by atoms with Crippen molar-refractivity contribution in [3.8, 4) is 11.8 Å². The highest BCUT2D eigenvalue weighted by Crippen LogP contribution is 2.31. The second kappa shape index (κ2) is 7.12. The van der Waals surface area contributed by atoms with Gasteiger partial charge in [-0.3, -0.25) is 4.79 Å². The van der Waals surface area contributed by atoms with E-state index in [-0.39, 0.29) is 12.5 Å². The zero-order valence-corrected chi connectivity index (χ0v) is 11.9. The lowest BCUT2D eigenvalue weighted by atomic mass is 10.0. The summed E-state index contributed by atoms with van der Waals surface area (Å²) >= 11 is 0.